The standard InChI is InChI=1S/C22H26Cl2F2O4/c1-10-6-11-12-7-13(24)17-18(25)14(27)4-5-19(17,2)21(12,26)15(28)8-20(11,3)22(10,30)16(29)9-23/h4-5,10-13,15,28,30H,6-9H2,1-3H3/t10?,11-,12-,13?,15?,19-,20-,21-,22-/m0/s1. The van der Waals surface area contributed by atoms with Gasteiger partial charge in [0.15, 0.2) is 17.3 Å². The summed E-state index contributed by atoms with van der Waals surface area (Å²) in [6, 6.07) is 0. The molecule has 4 rings (SSSR count). The molecule has 0 saturated heterocycles. The van der Waals surface area contributed by atoms with Gasteiger partial charge in [0, 0.05) is 22.3 Å². The molecule has 0 bridgehead atoms. The Morgan fingerprint density at radius 2 is 1.93 bits per heavy atom. The molecule has 0 spiro atoms. The molecule has 0 aromatic heterocycles. The maximum absolute atomic E-state index is 17.0. The summed E-state index contributed by atoms with van der Waals surface area (Å²) >= 11 is 12.3. The number of Topliss-reactive ketones (excluding diaryl/α,β-unsaturated/α-hetero) is 1. The van der Waals surface area contributed by atoms with Crippen LogP contribution in [0.15, 0.2) is 23.6 Å². The van der Waals surface area contributed by atoms with Crippen molar-refractivity contribution in [2.24, 2.45) is 28.6 Å². The second-order valence-electron chi connectivity index (χ2n) is 9.91. The Morgan fingerprint density at radius 3 is 2.53 bits per heavy atom. The van der Waals surface area contributed by atoms with Gasteiger partial charge in [-0.1, -0.05) is 19.9 Å². The normalized spacial score (nSPS) is 52.7. The third-order valence-electron chi connectivity index (χ3n) is 8.83. The maximum atomic E-state index is 17.0. The van der Waals surface area contributed by atoms with Crippen molar-refractivity contribution in [3.63, 3.8) is 0 Å². The van der Waals surface area contributed by atoms with Crippen molar-refractivity contribution in [2.45, 2.75) is 62.8 Å². The van der Waals surface area contributed by atoms with Crippen LogP contribution in [0.3, 0.4) is 0 Å². The van der Waals surface area contributed by atoms with Gasteiger partial charge in [-0.2, -0.15) is 0 Å². The molecule has 0 radical (unpaired) electrons. The van der Waals surface area contributed by atoms with Crippen LogP contribution in [-0.2, 0) is 9.59 Å². The number of hydrogen-bond acceptors (Lipinski definition) is 4. The fourth-order valence-corrected chi connectivity index (χ4v) is 8.05. The molecule has 2 N–H and O–H groups in total. The van der Waals surface area contributed by atoms with E-state index in [1.165, 1.54) is 13.0 Å². The molecule has 166 valence electrons. The van der Waals surface area contributed by atoms with Gasteiger partial charge in [-0.3, -0.25) is 9.59 Å². The van der Waals surface area contributed by atoms with Crippen molar-refractivity contribution >= 4 is 34.8 Å². The number of ketones is 2. The molecule has 9 atom stereocenters. The Hall–Kier alpha value is -0.820. The Kier molecular flexibility index (Phi) is 4.92. The van der Waals surface area contributed by atoms with E-state index < -0.39 is 68.7 Å². The highest BCUT2D eigenvalue weighted by molar-refractivity contribution is 6.29. The molecular weight excluding hydrogens is 437 g/mol. The number of allylic oxidation sites excluding steroid dienone is 4. The fourth-order valence-electron chi connectivity index (χ4n) is 7.33. The van der Waals surface area contributed by atoms with Gasteiger partial charge in [0.25, 0.3) is 0 Å². The van der Waals surface area contributed by atoms with Crippen LogP contribution in [-0.4, -0.2) is 50.4 Å². The van der Waals surface area contributed by atoms with E-state index in [0.717, 1.165) is 6.08 Å². The Morgan fingerprint density at radius 1 is 1.30 bits per heavy atom. The first-order valence-corrected chi connectivity index (χ1v) is 11.2. The fraction of sp³-hybridized carbons (Fsp3) is 0.727. The van der Waals surface area contributed by atoms with Gasteiger partial charge >= 0.3 is 0 Å². The number of alkyl halides is 3. The van der Waals surface area contributed by atoms with Crippen molar-refractivity contribution in [2.75, 3.05) is 5.88 Å². The van der Waals surface area contributed by atoms with Crippen LogP contribution >= 0.6 is 23.2 Å². The van der Waals surface area contributed by atoms with Crippen LogP contribution in [0, 0.1) is 28.6 Å². The Bertz CT molecular complexity index is 890. The second-order valence-corrected chi connectivity index (χ2v) is 10.7. The minimum atomic E-state index is -2.30. The SMILES string of the molecule is CC1C[C@H]2[C@@H]3CC(Cl)C4=C(F)C(=O)C=C[C@]4(C)[C@@]3(F)C(O)C[C@]2(C)[C@@]1(O)C(=O)CCl. The van der Waals surface area contributed by atoms with E-state index >= 15 is 4.39 Å². The molecule has 3 fully saturated rings. The molecule has 0 aromatic rings. The number of aliphatic hydroxyl groups excluding tert-OH is 1. The van der Waals surface area contributed by atoms with Gasteiger partial charge < -0.3 is 10.2 Å². The van der Waals surface area contributed by atoms with Gasteiger partial charge in [-0.25, -0.2) is 8.78 Å². The number of rotatable bonds is 2. The highest BCUT2D eigenvalue weighted by Crippen LogP contribution is 2.71. The summed E-state index contributed by atoms with van der Waals surface area (Å²) in [6.45, 7) is 4.89. The third kappa shape index (κ3) is 2.29. The average Bonchev–Trinajstić information content (AvgIpc) is 2.88. The third-order valence-corrected chi connectivity index (χ3v) is 9.47. The van der Waals surface area contributed by atoms with Crippen LogP contribution in [0.4, 0.5) is 8.78 Å². The lowest BCUT2D eigenvalue weighted by Crippen LogP contribution is -2.70. The summed E-state index contributed by atoms with van der Waals surface area (Å²) in [5.74, 6) is -4.67. The molecule has 3 unspecified atom stereocenters. The van der Waals surface area contributed by atoms with E-state index in [0.29, 0.717) is 6.42 Å². The van der Waals surface area contributed by atoms with E-state index in [2.05, 4.69) is 0 Å². The van der Waals surface area contributed by atoms with E-state index in [1.54, 1.807) is 13.8 Å². The quantitative estimate of drug-likeness (QED) is 0.614. The minimum absolute atomic E-state index is 0.00724. The molecule has 0 aliphatic heterocycles. The molecule has 0 aromatic carbocycles. The van der Waals surface area contributed by atoms with Gasteiger partial charge in [0.05, 0.1) is 17.4 Å². The van der Waals surface area contributed by atoms with Crippen LogP contribution < -0.4 is 0 Å². The maximum Gasteiger partial charge on any atom is 0.213 e. The van der Waals surface area contributed by atoms with Crippen molar-refractivity contribution in [1.82, 2.24) is 0 Å². The van der Waals surface area contributed by atoms with E-state index in [9.17, 15) is 24.2 Å². The number of carbonyl (C=O) groups excluding carboxylic acids is 2. The minimum Gasteiger partial charge on any atom is -0.390 e. The predicted molar refractivity (Wildman–Crippen MR) is 109 cm³/mol. The molecule has 0 heterocycles. The molecule has 8 heteroatoms. The summed E-state index contributed by atoms with van der Waals surface area (Å²) in [5, 5.41) is 21.7. The number of fused-ring (bicyclic) bond motifs is 5. The van der Waals surface area contributed by atoms with Crippen molar-refractivity contribution in [3.8, 4) is 0 Å². The number of hydrogen-bond donors (Lipinski definition) is 2. The Balaban J connectivity index is 1.89. The number of aliphatic hydroxyl groups is 2. The zero-order valence-corrected chi connectivity index (χ0v) is 18.6. The highest BCUT2D eigenvalue weighted by Gasteiger charge is 2.76. The number of halogens is 4. The van der Waals surface area contributed by atoms with Crippen molar-refractivity contribution in [3.05, 3.63) is 23.6 Å². The highest BCUT2D eigenvalue weighted by atomic mass is 35.5. The first-order valence-electron chi connectivity index (χ1n) is 10.3. The smallest absolute Gasteiger partial charge is 0.213 e. The van der Waals surface area contributed by atoms with Crippen LogP contribution in [0.2, 0.25) is 0 Å². The molecule has 30 heavy (non-hydrogen) atoms. The lowest BCUT2D eigenvalue weighted by molar-refractivity contribution is -0.218. The lowest BCUT2D eigenvalue weighted by atomic mass is 9.44. The number of carbonyl (C=O) groups is 2. The van der Waals surface area contributed by atoms with Gasteiger partial charge in [0.1, 0.15) is 5.60 Å². The van der Waals surface area contributed by atoms with Crippen LogP contribution in [0.1, 0.15) is 40.0 Å². The predicted octanol–water partition coefficient (Wildman–Crippen LogP) is 3.66. The largest absolute Gasteiger partial charge is 0.390 e. The van der Waals surface area contributed by atoms with E-state index in [-0.39, 0.29) is 24.3 Å². The summed E-state index contributed by atoms with van der Waals surface area (Å²) in [5.41, 5.74) is -6.96. The second kappa shape index (κ2) is 6.60. The first-order chi connectivity index (χ1) is 13.8. The summed E-state index contributed by atoms with van der Waals surface area (Å²) in [6.07, 6.45) is 0.869. The molecular formula is C22H26Cl2F2O4. The monoisotopic (exact) mass is 462 g/mol. The van der Waals surface area contributed by atoms with Crippen LogP contribution in [0.5, 0.6) is 0 Å². The topological polar surface area (TPSA) is 74.6 Å². The summed E-state index contributed by atoms with van der Waals surface area (Å²) in [4.78, 5) is 24.6. The molecule has 0 amide bonds. The first kappa shape index (κ1) is 22.4. The zero-order valence-electron chi connectivity index (χ0n) is 17.1. The van der Waals surface area contributed by atoms with Crippen molar-refractivity contribution < 1.29 is 28.6 Å². The van der Waals surface area contributed by atoms with Crippen LogP contribution in [0.25, 0.3) is 0 Å². The summed E-state index contributed by atoms with van der Waals surface area (Å²) in [7, 11) is 0. The molecule has 3 saturated carbocycles. The Labute approximate surface area is 184 Å². The lowest BCUT2D eigenvalue weighted by Gasteiger charge is -2.63. The average molecular weight is 463 g/mol. The van der Waals surface area contributed by atoms with Crippen molar-refractivity contribution in [1.29, 1.82) is 0 Å². The zero-order chi connectivity index (χ0) is 22.4. The molecule has 4 aliphatic rings. The van der Waals surface area contributed by atoms with E-state index in [1.807, 2.05) is 0 Å². The van der Waals surface area contributed by atoms with Gasteiger partial charge in [-0.05, 0) is 44.1 Å². The molecule has 4 aliphatic carbocycles. The van der Waals surface area contributed by atoms with E-state index in [4.69, 9.17) is 23.2 Å². The van der Waals surface area contributed by atoms with Gasteiger partial charge in [-0.15, -0.1) is 23.2 Å². The molecule has 4 nitrogen and oxygen atoms in total. The van der Waals surface area contributed by atoms with Gasteiger partial charge in [0.2, 0.25) is 5.78 Å². The summed E-state index contributed by atoms with van der Waals surface area (Å²) < 4.78 is 31.8.